The lowest BCUT2D eigenvalue weighted by atomic mass is 9.80. The molecule has 0 amide bonds. The van der Waals surface area contributed by atoms with E-state index in [0.717, 1.165) is 11.1 Å². The van der Waals surface area contributed by atoms with Crippen LogP contribution in [0.2, 0.25) is 0 Å². The number of thioether (sulfide) groups is 1. The third-order valence-corrected chi connectivity index (χ3v) is 6.17. The van der Waals surface area contributed by atoms with Crippen molar-refractivity contribution in [3.05, 3.63) is 70.3 Å². The number of benzene rings is 1. The number of allylic oxidation sites excluding steroid dienone is 2. The summed E-state index contributed by atoms with van der Waals surface area (Å²) < 4.78 is 5.53. The van der Waals surface area contributed by atoms with Gasteiger partial charge in [0.15, 0.2) is 11.6 Å². The summed E-state index contributed by atoms with van der Waals surface area (Å²) in [5.41, 5.74) is 3.88. The first-order valence-electron chi connectivity index (χ1n) is 9.30. The smallest absolute Gasteiger partial charge is 0.173 e. The van der Waals surface area contributed by atoms with Crippen LogP contribution in [0.4, 0.5) is 0 Å². The molecule has 6 heteroatoms. The van der Waals surface area contributed by atoms with Gasteiger partial charge in [0.05, 0.1) is 29.0 Å². The molecule has 0 bridgehead atoms. The van der Waals surface area contributed by atoms with Crippen LogP contribution in [0.3, 0.4) is 0 Å². The minimum atomic E-state index is -0.679. The predicted molar refractivity (Wildman–Crippen MR) is 114 cm³/mol. The van der Waals surface area contributed by atoms with Crippen LogP contribution < -0.4 is 0 Å². The second-order valence-corrected chi connectivity index (χ2v) is 8.11. The van der Waals surface area contributed by atoms with Gasteiger partial charge in [-0.3, -0.25) is 9.59 Å². The van der Waals surface area contributed by atoms with Crippen molar-refractivity contribution in [1.82, 2.24) is 0 Å². The summed E-state index contributed by atoms with van der Waals surface area (Å²) in [7, 11) is 0. The van der Waals surface area contributed by atoms with Crippen molar-refractivity contribution in [2.75, 3.05) is 5.75 Å². The Bertz CT molecular complexity index is 1060. The van der Waals surface area contributed by atoms with Gasteiger partial charge in [-0.15, -0.1) is 11.8 Å². The zero-order chi connectivity index (χ0) is 21.1. The van der Waals surface area contributed by atoms with E-state index in [2.05, 4.69) is 11.1 Å². The monoisotopic (exact) mass is 406 g/mol. The van der Waals surface area contributed by atoms with E-state index in [0.29, 0.717) is 27.6 Å². The molecule has 1 aliphatic rings. The summed E-state index contributed by atoms with van der Waals surface area (Å²) in [4.78, 5) is 29.4. The topological polar surface area (TPSA) is 83.4 Å². The fraction of sp³-hybridized carbons (Fsp3) is 0.304. The SMILES string of the molecule is CC(=O)C1=C(C)N=C(SCC(=O)c2ccc(C)c(C)c2)C(C#N)[C@@H]1c1ccco1. The number of aryl methyl sites for hydroxylation is 2. The highest BCUT2D eigenvalue weighted by molar-refractivity contribution is 8.14. The van der Waals surface area contributed by atoms with Crippen molar-refractivity contribution in [3.8, 4) is 6.07 Å². The van der Waals surface area contributed by atoms with Crippen LogP contribution in [0, 0.1) is 31.1 Å². The summed E-state index contributed by atoms with van der Waals surface area (Å²) in [5.74, 6) is -0.637. The first-order chi connectivity index (χ1) is 13.8. The lowest BCUT2D eigenvalue weighted by Gasteiger charge is -2.27. The maximum Gasteiger partial charge on any atom is 0.173 e. The number of hydrogen-bond donors (Lipinski definition) is 0. The highest BCUT2D eigenvalue weighted by Gasteiger charge is 2.39. The second kappa shape index (κ2) is 8.62. The fourth-order valence-electron chi connectivity index (χ4n) is 3.47. The molecule has 0 radical (unpaired) electrons. The Hall–Kier alpha value is -2.91. The van der Waals surface area contributed by atoms with E-state index in [1.165, 1.54) is 24.9 Å². The van der Waals surface area contributed by atoms with Crippen LogP contribution in [-0.2, 0) is 4.79 Å². The van der Waals surface area contributed by atoms with Gasteiger partial charge >= 0.3 is 0 Å². The molecule has 0 aliphatic carbocycles. The molecule has 1 unspecified atom stereocenters. The average Bonchev–Trinajstić information content (AvgIpc) is 3.21. The standard InChI is InChI=1S/C23H22N2O3S/c1-13-7-8-17(10-14(13)2)19(27)12-29-23-18(11-24)22(20-6-5-9-28-20)21(16(4)26)15(3)25-23/h5-10,18,22H,12H2,1-4H3/t18?,22-/m1/s1. The van der Waals surface area contributed by atoms with Gasteiger partial charge in [-0.1, -0.05) is 12.1 Å². The Kier molecular flexibility index (Phi) is 6.19. The molecule has 2 atom stereocenters. The largest absolute Gasteiger partial charge is 0.469 e. The lowest BCUT2D eigenvalue weighted by molar-refractivity contribution is -0.114. The molecule has 5 nitrogen and oxygen atoms in total. The number of furan rings is 1. The number of nitrogens with zero attached hydrogens (tertiary/aromatic N) is 2. The Morgan fingerprint density at radius 1 is 1.21 bits per heavy atom. The fourth-order valence-corrected chi connectivity index (χ4v) is 4.48. The van der Waals surface area contributed by atoms with Crippen LogP contribution in [-0.4, -0.2) is 22.4 Å². The van der Waals surface area contributed by atoms with E-state index < -0.39 is 11.8 Å². The number of carbonyl (C=O) groups excluding carboxylic acids is 2. The Morgan fingerprint density at radius 3 is 2.55 bits per heavy atom. The maximum atomic E-state index is 12.7. The molecule has 1 aliphatic heterocycles. The molecular formula is C23H22N2O3S. The van der Waals surface area contributed by atoms with Crippen molar-refractivity contribution in [3.63, 3.8) is 0 Å². The van der Waals surface area contributed by atoms with E-state index >= 15 is 0 Å². The maximum absolute atomic E-state index is 12.7. The summed E-state index contributed by atoms with van der Waals surface area (Å²) in [6.45, 7) is 7.21. The number of Topliss-reactive ketones (excluding diaryl/α,β-unsaturated/α-hetero) is 2. The number of aliphatic imine (C=N–C) groups is 1. The van der Waals surface area contributed by atoms with Crippen LogP contribution in [0.1, 0.15) is 47.0 Å². The van der Waals surface area contributed by atoms with Gasteiger partial charge in [-0.25, -0.2) is 4.99 Å². The summed E-state index contributed by atoms with van der Waals surface area (Å²) in [5, 5.41) is 10.4. The molecule has 2 heterocycles. The van der Waals surface area contributed by atoms with Crippen LogP contribution in [0.25, 0.3) is 0 Å². The molecule has 29 heavy (non-hydrogen) atoms. The normalized spacial score (nSPS) is 18.9. The van der Waals surface area contributed by atoms with Gasteiger partial charge in [0.2, 0.25) is 0 Å². The number of nitriles is 1. The van der Waals surface area contributed by atoms with E-state index in [1.54, 1.807) is 19.1 Å². The molecular weight excluding hydrogens is 384 g/mol. The van der Waals surface area contributed by atoms with Gasteiger partial charge < -0.3 is 4.42 Å². The van der Waals surface area contributed by atoms with Crippen LogP contribution in [0.5, 0.6) is 0 Å². The van der Waals surface area contributed by atoms with E-state index in [9.17, 15) is 14.9 Å². The molecule has 0 saturated heterocycles. The predicted octanol–water partition coefficient (Wildman–Crippen LogP) is 5.01. The Labute approximate surface area is 174 Å². The molecule has 148 valence electrons. The minimum absolute atomic E-state index is 0.0222. The van der Waals surface area contributed by atoms with Crippen LogP contribution in [0.15, 0.2) is 57.3 Å². The van der Waals surface area contributed by atoms with Gasteiger partial charge in [0.1, 0.15) is 11.7 Å². The highest BCUT2D eigenvalue weighted by atomic mass is 32.2. The zero-order valence-corrected chi connectivity index (χ0v) is 17.7. The van der Waals surface area contributed by atoms with Crippen molar-refractivity contribution in [1.29, 1.82) is 5.26 Å². The Morgan fingerprint density at radius 2 is 1.97 bits per heavy atom. The van der Waals surface area contributed by atoms with Crippen molar-refractivity contribution in [2.45, 2.75) is 33.6 Å². The molecule has 0 saturated carbocycles. The molecule has 3 rings (SSSR count). The van der Waals surface area contributed by atoms with Gasteiger partial charge in [0, 0.05) is 16.8 Å². The van der Waals surface area contributed by atoms with E-state index in [-0.39, 0.29) is 17.3 Å². The van der Waals surface area contributed by atoms with Crippen molar-refractivity contribution in [2.24, 2.45) is 10.9 Å². The third kappa shape index (κ3) is 4.25. The molecule has 0 fully saturated rings. The lowest BCUT2D eigenvalue weighted by Crippen LogP contribution is -2.28. The molecule has 0 spiro atoms. The summed E-state index contributed by atoms with van der Waals surface area (Å²) in [6.07, 6.45) is 1.53. The number of hydrogen-bond acceptors (Lipinski definition) is 6. The third-order valence-electron chi connectivity index (χ3n) is 5.13. The average molecular weight is 407 g/mol. The molecule has 0 N–H and O–H groups in total. The zero-order valence-electron chi connectivity index (χ0n) is 16.9. The number of carbonyl (C=O) groups is 2. The second-order valence-electron chi connectivity index (χ2n) is 7.12. The summed E-state index contributed by atoms with van der Waals surface area (Å²) >= 11 is 1.25. The van der Waals surface area contributed by atoms with E-state index in [4.69, 9.17) is 4.42 Å². The quantitative estimate of drug-likeness (QED) is 0.652. The van der Waals surface area contributed by atoms with Crippen LogP contribution >= 0.6 is 11.8 Å². The number of rotatable bonds is 5. The van der Waals surface area contributed by atoms with Crippen molar-refractivity contribution < 1.29 is 14.0 Å². The van der Waals surface area contributed by atoms with Gasteiger partial charge in [-0.2, -0.15) is 5.26 Å². The molecule has 1 aromatic carbocycles. The van der Waals surface area contributed by atoms with E-state index in [1.807, 2.05) is 32.0 Å². The number of ketones is 2. The first kappa shape index (κ1) is 20.8. The molecule has 1 aromatic heterocycles. The molecule has 2 aromatic rings. The first-order valence-corrected chi connectivity index (χ1v) is 10.3. The Balaban J connectivity index is 1.89. The minimum Gasteiger partial charge on any atom is -0.469 e. The summed E-state index contributed by atoms with van der Waals surface area (Å²) in [6, 6.07) is 11.4. The van der Waals surface area contributed by atoms with Crippen molar-refractivity contribution >= 4 is 28.4 Å². The van der Waals surface area contributed by atoms with Gasteiger partial charge in [0.25, 0.3) is 0 Å². The highest BCUT2D eigenvalue weighted by Crippen LogP contribution is 2.41. The van der Waals surface area contributed by atoms with Gasteiger partial charge in [-0.05, 0) is 57.0 Å².